The zero-order valence-electron chi connectivity index (χ0n) is 9.93. The molecule has 1 atom stereocenters. The van der Waals surface area contributed by atoms with Gasteiger partial charge in [-0.25, -0.2) is 0 Å². The molecule has 1 aromatic rings. The van der Waals surface area contributed by atoms with Crippen LogP contribution in [0.3, 0.4) is 0 Å². The summed E-state index contributed by atoms with van der Waals surface area (Å²) < 4.78 is 4.59. The average molecular weight is 222 g/mol. The molecule has 0 aliphatic carbocycles. The number of nitrogens with two attached hydrogens (primary N) is 1. The van der Waals surface area contributed by atoms with E-state index in [1.165, 1.54) is 7.11 Å². The molecule has 0 bridgehead atoms. The van der Waals surface area contributed by atoms with Crippen molar-refractivity contribution in [3.8, 4) is 0 Å². The van der Waals surface area contributed by atoms with Crippen molar-refractivity contribution in [3.63, 3.8) is 0 Å². The fraction of sp³-hybridized carbons (Fsp3) is 0.417. The second-order valence-electron chi connectivity index (χ2n) is 3.90. The largest absolute Gasteiger partial charge is 0.468 e. The van der Waals surface area contributed by atoms with Crippen LogP contribution >= 0.6 is 0 Å². The molecule has 1 rings (SSSR count). The molecule has 0 saturated heterocycles. The van der Waals surface area contributed by atoms with E-state index in [2.05, 4.69) is 4.74 Å². The summed E-state index contributed by atoms with van der Waals surface area (Å²) in [6.07, 6.45) is 0.494. The Hall–Kier alpha value is -1.55. The second-order valence-corrected chi connectivity index (χ2v) is 3.90. The zero-order valence-corrected chi connectivity index (χ0v) is 9.93. The Balaban J connectivity index is 2.74. The molecule has 0 saturated carbocycles. The van der Waals surface area contributed by atoms with Crippen LogP contribution < -0.4 is 10.6 Å². The highest BCUT2D eigenvalue weighted by Gasteiger charge is 2.14. The number of methoxy groups -OCH3 is 1. The molecule has 0 spiro atoms. The zero-order chi connectivity index (χ0) is 12.1. The number of carbonyl (C=O) groups excluding carboxylic acids is 1. The Morgan fingerprint density at radius 1 is 1.50 bits per heavy atom. The van der Waals surface area contributed by atoms with Crippen molar-refractivity contribution < 1.29 is 9.53 Å². The first-order valence-electron chi connectivity index (χ1n) is 5.14. The number of benzene rings is 1. The summed E-state index contributed by atoms with van der Waals surface area (Å²) in [5, 5.41) is 0. The van der Waals surface area contributed by atoms with Gasteiger partial charge in [0.1, 0.15) is 6.04 Å². The maximum absolute atomic E-state index is 11.2. The van der Waals surface area contributed by atoms with Gasteiger partial charge in [0.2, 0.25) is 0 Å². The van der Waals surface area contributed by atoms with Crippen LogP contribution in [-0.2, 0) is 16.0 Å². The minimum atomic E-state index is -0.595. The molecule has 1 unspecified atom stereocenters. The molecule has 0 fully saturated rings. The lowest BCUT2D eigenvalue weighted by Gasteiger charge is -2.14. The monoisotopic (exact) mass is 222 g/mol. The first kappa shape index (κ1) is 12.5. The van der Waals surface area contributed by atoms with E-state index in [0.29, 0.717) is 6.42 Å². The highest BCUT2D eigenvalue weighted by molar-refractivity contribution is 5.75. The third-order valence-corrected chi connectivity index (χ3v) is 2.39. The minimum absolute atomic E-state index is 0.379. The molecule has 88 valence electrons. The third-order valence-electron chi connectivity index (χ3n) is 2.39. The number of carbonyl (C=O) groups is 1. The van der Waals surface area contributed by atoms with E-state index in [0.717, 1.165) is 11.3 Å². The minimum Gasteiger partial charge on any atom is -0.468 e. The number of ether oxygens (including phenoxy) is 1. The molecule has 0 aliphatic rings. The van der Waals surface area contributed by atoms with Crippen LogP contribution in [0.15, 0.2) is 24.3 Å². The quantitative estimate of drug-likeness (QED) is 0.765. The number of hydrogen-bond donors (Lipinski definition) is 1. The van der Waals surface area contributed by atoms with E-state index in [1.54, 1.807) is 0 Å². The SMILES string of the molecule is COC(=O)C(N)Cc1cccc(N(C)C)c1. The summed E-state index contributed by atoms with van der Waals surface area (Å²) in [5.41, 5.74) is 7.82. The maximum Gasteiger partial charge on any atom is 0.322 e. The molecule has 0 aliphatic heterocycles. The van der Waals surface area contributed by atoms with Crippen molar-refractivity contribution in [2.24, 2.45) is 5.73 Å². The Kier molecular flexibility index (Phi) is 4.31. The molecule has 4 nitrogen and oxygen atoms in total. The Bertz CT molecular complexity index is 364. The fourth-order valence-electron chi connectivity index (χ4n) is 1.45. The van der Waals surface area contributed by atoms with Crippen molar-refractivity contribution in [1.29, 1.82) is 0 Å². The smallest absolute Gasteiger partial charge is 0.322 e. The molecule has 0 aromatic heterocycles. The van der Waals surface area contributed by atoms with Crippen molar-refractivity contribution in [2.75, 3.05) is 26.1 Å². The molecular formula is C12H18N2O2. The van der Waals surface area contributed by atoms with Gasteiger partial charge in [0.25, 0.3) is 0 Å². The van der Waals surface area contributed by atoms with E-state index >= 15 is 0 Å². The Morgan fingerprint density at radius 3 is 2.75 bits per heavy atom. The van der Waals surface area contributed by atoms with Crippen LogP contribution in [0.25, 0.3) is 0 Å². The van der Waals surface area contributed by atoms with E-state index < -0.39 is 6.04 Å². The summed E-state index contributed by atoms with van der Waals surface area (Å²) in [5.74, 6) is -0.379. The van der Waals surface area contributed by atoms with E-state index in [4.69, 9.17) is 5.73 Å². The lowest BCUT2D eigenvalue weighted by atomic mass is 10.1. The second kappa shape index (κ2) is 5.51. The van der Waals surface area contributed by atoms with Gasteiger partial charge in [0.05, 0.1) is 7.11 Å². The van der Waals surface area contributed by atoms with Gasteiger partial charge in [-0.3, -0.25) is 4.79 Å². The fourth-order valence-corrected chi connectivity index (χ4v) is 1.45. The van der Waals surface area contributed by atoms with Crippen molar-refractivity contribution in [1.82, 2.24) is 0 Å². The molecule has 0 radical (unpaired) electrons. The Morgan fingerprint density at radius 2 is 2.19 bits per heavy atom. The van der Waals surface area contributed by atoms with Crippen molar-refractivity contribution in [3.05, 3.63) is 29.8 Å². The van der Waals surface area contributed by atoms with Gasteiger partial charge in [0.15, 0.2) is 0 Å². The third kappa shape index (κ3) is 3.24. The van der Waals surface area contributed by atoms with Crippen molar-refractivity contribution >= 4 is 11.7 Å². The van der Waals surface area contributed by atoms with E-state index in [1.807, 2.05) is 43.3 Å². The van der Waals surface area contributed by atoms with Gasteiger partial charge in [-0.05, 0) is 24.1 Å². The summed E-state index contributed by atoms with van der Waals surface area (Å²) >= 11 is 0. The highest BCUT2D eigenvalue weighted by Crippen LogP contribution is 2.14. The van der Waals surface area contributed by atoms with Crippen molar-refractivity contribution in [2.45, 2.75) is 12.5 Å². The number of esters is 1. The summed E-state index contributed by atoms with van der Waals surface area (Å²) in [4.78, 5) is 13.2. The van der Waals surface area contributed by atoms with Crippen LogP contribution in [0.4, 0.5) is 5.69 Å². The first-order chi connectivity index (χ1) is 7.54. The van der Waals surface area contributed by atoms with Crippen LogP contribution in [0.5, 0.6) is 0 Å². The molecule has 0 amide bonds. The number of anilines is 1. The number of nitrogens with zero attached hydrogens (tertiary/aromatic N) is 1. The molecule has 2 N–H and O–H groups in total. The Labute approximate surface area is 96.0 Å². The summed E-state index contributed by atoms with van der Waals surface area (Å²) in [6, 6.07) is 7.34. The van der Waals surface area contributed by atoms with Gasteiger partial charge in [-0.1, -0.05) is 12.1 Å². The standard InChI is InChI=1S/C12H18N2O2/c1-14(2)10-6-4-5-9(7-10)8-11(13)12(15)16-3/h4-7,11H,8,13H2,1-3H3. The van der Waals surface area contributed by atoms with Crippen LogP contribution in [0.1, 0.15) is 5.56 Å². The van der Waals surface area contributed by atoms with Gasteiger partial charge in [-0.2, -0.15) is 0 Å². The van der Waals surface area contributed by atoms with Gasteiger partial charge in [0, 0.05) is 19.8 Å². The molecule has 16 heavy (non-hydrogen) atoms. The van der Waals surface area contributed by atoms with Gasteiger partial charge < -0.3 is 15.4 Å². The predicted octanol–water partition coefficient (Wildman–Crippen LogP) is 0.795. The van der Waals surface area contributed by atoms with E-state index in [9.17, 15) is 4.79 Å². The molecule has 1 aromatic carbocycles. The van der Waals surface area contributed by atoms with E-state index in [-0.39, 0.29) is 5.97 Å². The molecule has 4 heteroatoms. The topological polar surface area (TPSA) is 55.6 Å². The first-order valence-corrected chi connectivity index (χ1v) is 5.14. The lowest BCUT2D eigenvalue weighted by molar-refractivity contribution is -0.142. The normalized spacial score (nSPS) is 12.0. The predicted molar refractivity (Wildman–Crippen MR) is 64.5 cm³/mol. The summed E-state index contributed by atoms with van der Waals surface area (Å²) in [6.45, 7) is 0. The average Bonchev–Trinajstić information content (AvgIpc) is 2.28. The van der Waals surface area contributed by atoms with Crippen LogP contribution in [0, 0.1) is 0 Å². The van der Waals surface area contributed by atoms with Gasteiger partial charge in [-0.15, -0.1) is 0 Å². The summed E-state index contributed by atoms with van der Waals surface area (Å²) in [7, 11) is 5.29. The molecule has 0 heterocycles. The molecular weight excluding hydrogens is 204 g/mol. The van der Waals surface area contributed by atoms with Crippen LogP contribution in [-0.4, -0.2) is 33.2 Å². The highest BCUT2D eigenvalue weighted by atomic mass is 16.5. The van der Waals surface area contributed by atoms with Crippen LogP contribution in [0.2, 0.25) is 0 Å². The number of rotatable bonds is 4. The maximum atomic E-state index is 11.2. The number of hydrogen-bond acceptors (Lipinski definition) is 4. The lowest BCUT2D eigenvalue weighted by Crippen LogP contribution is -2.33. The van der Waals surface area contributed by atoms with Gasteiger partial charge >= 0.3 is 5.97 Å².